The highest BCUT2D eigenvalue weighted by molar-refractivity contribution is 7.89. The normalized spacial score (nSPS) is 16.2. The SMILES string of the molecule is CN(C)S(=O)(=O)c1cccc(C2=N/C(=C\C=C\c3ccccc3)C(=O)O2)c1. The number of nitrogens with zero attached hydrogens (tertiary/aromatic N) is 2. The number of cyclic esters (lactones) is 1. The molecule has 0 atom stereocenters. The predicted molar refractivity (Wildman–Crippen MR) is 104 cm³/mol. The summed E-state index contributed by atoms with van der Waals surface area (Å²) >= 11 is 0. The summed E-state index contributed by atoms with van der Waals surface area (Å²) in [6, 6.07) is 15.8. The van der Waals surface area contributed by atoms with Gasteiger partial charge in [-0.1, -0.05) is 48.6 Å². The number of rotatable bonds is 5. The molecule has 7 heteroatoms. The molecule has 2 aromatic carbocycles. The second-order valence-electron chi connectivity index (χ2n) is 5.94. The van der Waals surface area contributed by atoms with Crippen molar-refractivity contribution in [1.29, 1.82) is 0 Å². The molecule has 0 N–H and O–H groups in total. The number of aliphatic imine (C=N–C) groups is 1. The fourth-order valence-electron chi connectivity index (χ4n) is 2.36. The maximum atomic E-state index is 12.3. The molecule has 138 valence electrons. The third-order valence-electron chi connectivity index (χ3n) is 3.82. The number of allylic oxidation sites excluding steroid dienone is 2. The van der Waals surface area contributed by atoms with Gasteiger partial charge in [0.25, 0.3) is 0 Å². The van der Waals surface area contributed by atoms with Gasteiger partial charge >= 0.3 is 5.97 Å². The van der Waals surface area contributed by atoms with E-state index in [1.165, 1.54) is 26.2 Å². The molecule has 6 nitrogen and oxygen atoms in total. The fourth-order valence-corrected chi connectivity index (χ4v) is 3.31. The Morgan fingerprint density at radius 3 is 2.48 bits per heavy atom. The van der Waals surface area contributed by atoms with Crippen molar-refractivity contribution in [3.8, 4) is 0 Å². The molecule has 0 amide bonds. The second kappa shape index (κ2) is 7.69. The molecule has 1 aliphatic heterocycles. The van der Waals surface area contributed by atoms with E-state index in [0.717, 1.165) is 9.87 Å². The Bertz CT molecular complexity index is 1050. The van der Waals surface area contributed by atoms with E-state index in [9.17, 15) is 13.2 Å². The number of esters is 1. The van der Waals surface area contributed by atoms with Crippen LogP contribution in [-0.4, -0.2) is 38.7 Å². The zero-order valence-electron chi connectivity index (χ0n) is 14.9. The molecule has 0 saturated carbocycles. The van der Waals surface area contributed by atoms with Gasteiger partial charge in [0.15, 0.2) is 5.70 Å². The van der Waals surface area contributed by atoms with Crippen LogP contribution in [0.5, 0.6) is 0 Å². The first-order valence-electron chi connectivity index (χ1n) is 8.15. The number of sulfonamides is 1. The van der Waals surface area contributed by atoms with E-state index in [1.54, 1.807) is 24.3 Å². The molecular formula is C20H18N2O4S. The Kier molecular flexibility index (Phi) is 5.34. The highest BCUT2D eigenvalue weighted by Crippen LogP contribution is 2.20. The number of carbonyl (C=O) groups excluding carboxylic acids is 1. The average Bonchev–Trinajstić information content (AvgIpc) is 3.03. The minimum atomic E-state index is -3.59. The van der Waals surface area contributed by atoms with Gasteiger partial charge in [-0.15, -0.1) is 0 Å². The minimum absolute atomic E-state index is 0.0789. The Morgan fingerprint density at radius 2 is 1.78 bits per heavy atom. The third-order valence-corrected chi connectivity index (χ3v) is 5.63. The zero-order chi connectivity index (χ0) is 19.4. The summed E-state index contributed by atoms with van der Waals surface area (Å²) in [5.41, 5.74) is 1.56. The van der Waals surface area contributed by atoms with E-state index < -0.39 is 16.0 Å². The molecule has 0 aromatic heterocycles. The number of carbonyl (C=O) groups is 1. The molecule has 0 aliphatic carbocycles. The molecule has 1 heterocycles. The van der Waals surface area contributed by atoms with Gasteiger partial charge in [-0.25, -0.2) is 22.5 Å². The fraction of sp³-hybridized carbons (Fsp3) is 0.100. The molecular weight excluding hydrogens is 364 g/mol. The van der Waals surface area contributed by atoms with Crippen molar-refractivity contribution >= 4 is 28.0 Å². The van der Waals surface area contributed by atoms with Crippen LogP contribution in [0.4, 0.5) is 0 Å². The van der Waals surface area contributed by atoms with Crippen LogP contribution in [0, 0.1) is 0 Å². The van der Waals surface area contributed by atoms with Crippen LogP contribution in [0.2, 0.25) is 0 Å². The van der Waals surface area contributed by atoms with E-state index in [2.05, 4.69) is 4.99 Å². The van der Waals surface area contributed by atoms with Gasteiger partial charge in [-0.05, 0) is 29.8 Å². The summed E-state index contributed by atoms with van der Waals surface area (Å²) in [4.78, 5) is 16.3. The number of ether oxygens (including phenoxy) is 1. The van der Waals surface area contributed by atoms with E-state index in [1.807, 2.05) is 36.4 Å². The Hall–Kier alpha value is -3.03. The maximum absolute atomic E-state index is 12.3. The molecule has 2 aromatic rings. The van der Waals surface area contributed by atoms with Crippen molar-refractivity contribution in [3.05, 3.63) is 83.6 Å². The number of hydrogen-bond acceptors (Lipinski definition) is 5. The monoisotopic (exact) mass is 382 g/mol. The van der Waals surface area contributed by atoms with Gasteiger partial charge in [0.1, 0.15) is 0 Å². The molecule has 0 fully saturated rings. The first-order valence-corrected chi connectivity index (χ1v) is 9.59. The lowest BCUT2D eigenvalue weighted by molar-refractivity contribution is -0.130. The van der Waals surface area contributed by atoms with Crippen LogP contribution >= 0.6 is 0 Å². The van der Waals surface area contributed by atoms with Crippen molar-refractivity contribution in [2.45, 2.75) is 4.90 Å². The highest BCUT2D eigenvalue weighted by Gasteiger charge is 2.25. The Morgan fingerprint density at radius 1 is 1.04 bits per heavy atom. The van der Waals surface area contributed by atoms with Gasteiger partial charge in [0, 0.05) is 19.7 Å². The highest BCUT2D eigenvalue weighted by atomic mass is 32.2. The van der Waals surface area contributed by atoms with Crippen molar-refractivity contribution in [1.82, 2.24) is 4.31 Å². The molecule has 1 aliphatic rings. The molecule has 0 bridgehead atoms. The zero-order valence-corrected chi connectivity index (χ0v) is 15.7. The summed E-state index contributed by atoms with van der Waals surface area (Å²) in [5.74, 6) is -0.501. The molecule has 0 spiro atoms. The van der Waals surface area contributed by atoms with Crippen molar-refractivity contribution < 1.29 is 17.9 Å². The first kappa shape index (κ1) is 18.8. The molecule has 0 radical (unpaired) electrons. The molecule has 0 unspecified atom stereocenters. The predicted octanol–water partition coefficient (Wildman–Crippen LogP) is 2.84. The lowest BCUT2D eigenvalue weighted by Gasteiger charge is -2.11. The van der Waals surface area contributed by atoms with E-state index >= 15 is 0 Å². The first-order chi connectivity index (χ1) is 12.9. The summed E-state index contributed by atoms with van der Waals surface area (Å²) in [5, 5.41) is 0. The van der Waals surface area contributed by atoms with Crippen LogP contribution in [0.25, 0.3) is 6.08 Å². The number of hydrogen-bond donors (Lipinski definition) is 0. The van der Waals surface area contributed by atoms with E-state index in [4.69, 9.17) is 4.74 Å². The smallest absolute Gasteiger partial charge is 0.363 e. The van der Waals surface area contributed by atoms with Crippen molar-refractivity contribution in [2.75, 3.05) is 14.1 Å². The standard InChI is InChI=1S/C20H18N2O4S/c1-22(2)27(24,25)17-12-7-11-16(14-17)19-21-18(20(23)26-19)13-6-10-15-8-4-3-5-9-15/h3-14H,1-2H3/b10-6+,18-13-. The molecule has 3 rings (SSSR count). The minimum Gasteiger partial charge on any atom is -0.402 e. The lowest BCUT2D eigenvalue weighted by Crippen LogP contribution is -2.22. The summed E-state index contributed by atoms with van der Waals surface area (Å²) in [6.07, 6.45) is 5.12. The summed E-state index contributed by atoms with van der Waals surface area (Å²) in [6.45, 7) is 0. The van der Waals surface area contributed by atoms with Crippen LogP contribution in [0.15, 0.2) is 82.3 Å². The largest absolute Gasteiger partial charge is 0.402 e. The van der Waals surface area contributed by atoms with Gasteiger partial charge in [0.05, 0.1) is 4.90 Å². The van der Waals surface area contributed by atoms with Crippen LogP contribution < -0.4 is 0 Å². The second-order valence-corrected chi connectivity index (χ2v) is 8.10. The maximum Gasteiger partial charge on any atom is 0.363 e. The summed E-state index contributed by atoms with van der Waals surface area (Å²) < 4.78 is 30.8. The van der Waals surface area contributed by atoms with Crippen LogP contribution in [-0.2, 0) is 19.6 Å². The van der Waals surface area contributed by atoms with Crippen molar-refractivity contribution in [2.24, 2.45) is 4.99 Å². The average molecular weight is 382 g/mol. The third kappa shape index (κ3) is 4.21. The van der Waals surface area contributed by atoms with Gasteiger partial charge in [0.2, 0.25) is 15.9 Å². The van der Waals surface area contributed by atoms with Crippen molar-refractivity contribution in [3.63, 3.8) is 0 Å². The lowest BCUT2D eigenvalue weighted by atomic mass is 10.2. The van der Waals surface area contributed by atoms with Crippen LogP contribution in [0.3, 0.4) is 0 Å². The summed E-state index contributed by atoms with van der Waals surface area (Å²) in [7, 11) is -0.682. The quantitative estimate of drug-likeness (QED) is 0.589. The van der Waals surface area contributed by atoms with Crippen LogP contribution in [0.1, 0.15) is 11.1 Å². The molecule has 27 heavy (non-hydrogen) atoms. The Balaban J connectivity index is 1.86. The number of benzene rings is 2. The molecule has 0 saturated heterocycles. The topological polar surface area (TPSA) is 76.0 Å². The van der Waals surface area contributed by atoms with E-state index in [0.29, 0.717) is 5.56 Å². The van der Waals surface area contributed by atoms with Gasteiger partial charge in [-0.2, -0.15) is 0 Å². The van der Waals surface area contributed by atoms with Gasteiger partial charge in [-0.3, -0.25) is 0 Å². The van der Waals surface area contributed by atoms with Gasteiger partial charge < -0.3 is 4.74 Å². The Labute approximate surface area is 158 Å². The van der Waals surface area contributed by atoms with E-state index in [-0.39, 0.29) is 16.5 Å².